The molecule has 0 heteroatoms. The molecule has 0 N–H and O–H groups in total. The Labute approximate surface area is 58.0 Å². The second-order valence-electron chi connectivity index (χ2n) is 2.84. The van der Waals surface area contributed by atoms with Crippen LogP contribution in [0.15, 0.2) is 12.2 Å². The molecule has 0 fully saturated rings. The van der Waals surface area contributed by atoms with E-state index in [1.54, 1.807) is 0 Å². The Morgan fingerprint density at radius 1 is 1.78 bits per heavy atom. The van der Waals surface area contributed by atoms with Gasteiger partial charge in [-0.25, -0.2) is 0 Å². The van der Waals surface area contributed by atoms with Gasteiger partial charge in [-0.15, -0.1) is 0 Å². The van der Waals surface area contributed by atoms with Crippen LogP contribution < -0.4 is 0 Å². The second-order valence-corrected chi connectivity index (χ2v) is 2.84. The van der Waals surface area contributed by atoms with E-state index in [0.29, 0.717) is 5.92 Å². The molecule has 51 valence electrons. The van der Waals surface area contributed by atoms with E-state index in [1.807, 2.05) is 0 Å². The van der Waals surface area contributed by atoms with Crippen molar-refractivity contribution >= 4 is 0 Å². The van der Waals surface area contributed by atoms with E-state index in [2.05, 4.69) is 26.0 Å². The monoisotopic (exact) mass is 123 g/mol. The van der Waals surface area contributed by atoms with Gasteiger partial charge in [-0.1, -0.05) is 25.5 Å². The summed E-state index contributed by atoms with van der Waals surface area (Å²) in [5.74, 6) is 1.44. The van der Waals surface area contributed by atoms with Crippen LogP contribution >= 0.6 is 0 Å². The van der Waals surface area contributed by atoms with Crippen molar-refractivity contribution in [2.75, 3.05) is 0 Å². The quantitative estimate of drug-likeness (QED) is 0.495. The molecule has 2 unspecified atom stereocenters. The van der Waals surface area contributed by atoms with E-state index < -0.39 is 0 Å². The number of allylic oxidation sites excluding steroid dienone is 2. The number of hydrogen-bond acceptors (Lipinski definition) is 0. The molecule has 0 aromatic heterocycles. The fourth-order valence-electron chi connectivity index (χ4n) is 1.35. The minimum Gasteiger partial charge on any atom is -0.0882 e. The average Bonchev–Trinajstić information content (AvgIpc) is 2.37. The maximum atomic E-state index is 4.09. The molecule has 1 aliphatic carbocycles. The fourth-order valence-corrected chi connectivity index (χ4v) is 1.35. The van der Waals surface area contributed by atoms with Crippen molar-refractivity contribution in [3.63, 3.8) is 0 Å². The molecule has 0 saturated heterocycles. The van der Waals surface area contributed by atoms with Gasteiger partial charge in [0.2, 0.25) is 0 Å². The molecule has 0 nitrogen and oxygen atoms in total. The third-order valence-corrected chi connectivity index (χ3v) is 2.18. The van der Waals surface area contributed by atoms with Crippen LogP contribution in [0.1, 0.15) is 26.2 Å². The molecule has 9 heavy (non-hydrogen) atoms. The first-order chi connectivity index (χ1) is 4.34. The van der Waals surface area contributed by atoms with Crippen molar-refractivity contribution in [1.29, 1.82) is 0 Å². The van der Waals surface area contributed by atoms with E-state index in [0.717, 1.165) is 5.92 Å². The minimum absolute atomic E-state index is 0.656. The van der Waals surface area contributed by atoms with E-state index >= 15 is 0 Å². The normalized spacial score (nSPS) is 28.9. The molecule has 0 spiro atoms. The van der Waals surface area contributed by atoms with E-state index in [-0.39, 0.29) is 0 Å². The van der Waals surface area contributed by atoms with Gasteiger partial charge in [-0.3, -0.25) is 0 Å². The Balaban J connectivity index is 2.33. The van der Waals surface area contributed by atoms with Gasteiger partial charge in [-0.05, 0) is 31.6 Å². The topological polar surface area (TPSA) is 0 Å². The van der Waals surface area contributed by atoms with Crippen LogP contribution in [0.5, 0.6) is 0 Å². The van der Waals surface area contributed by atoms with Crippen molar-refractivity contribution in [1.82, 2.24) is 0 Å². The molecule has 1 radical (unpaired) electrons. The van der Waals surface area contributed by atoms with Gasteiger partial charge in [-0.2, -0.15) is 0 Å². The molecule has 0 bridgehead atoms. The number of hydrogen-bond donors (Lipinski definition) is 0. The van der Waals surface area contributed by atoms with E-state index in [1.165, 1.54) is 19.3 Å². The fraction of sp³-hybridized carbons (Fsp3) is 0.667. The van der Waals surface area contributed by atoms with Crippen LogP contribution in [0.3, 0.4) is 0 Å². The predicted molar refractivity (Wildman–Crippen MR) is 41.0 cm³/mol. The zero-order valence-electron chi connectivity index (χ0n) is 6.14. The number of rotatable bonds is 2. The van der Waals surface area contributed by atoms with Gasteiger partial charge in [0.25, 0.3) is 0 Å². The van der Waals surface area contributed by atoms with Crippen LogP contribution in [0.25, 0.3) is 0 Å². The van der Waals surface area contributed by atoms with Crippen LogP contribution in [-0.4, -0.2) is 0 Å². The average molecular weight is 123 g/mol. The molecular formula is C9H15. The lowest BCUT2D eigenvalue weighted by Gasteiger charge is -2.13. The largest absolute Gasteiger partial charge is 0.0882 e. The van der Waals surface area contributed by atoms with Crippen molar-refractivity contribution in [3.05, 3.63) is 19.1 Å². The van der Waals surface area contributed by atoms with Gasteiger partial charge in [0.1, 0.15) is 0 Å². The Morgan fingerprint density at radius 3 is 3.00 bits per heavy atom. The lowest BCUT2D eigenvalue weighted by Crippen LogP contribution is -2.04. The molecule has 0 amide bonds. The molecular weight excluding hydrogens is 108 g/mol. The Morgan fingerprint density at radius 2 is 2.56 bits per heavy atom. The molecule has 0 aromatic carbocycles. The van der Waals surface area contributed by atoms with Crippen LogP contribution in [0.2, 0.25) is 0 Å². The molecule has 0 saturated carbocycles. The maximum absolute atomic E-state index is 4.09. The predicted octanol–water partition coefficient (Wildman–Crippen LogP) is 2.81. The highest BCUT2D eigenvalue weighted by atomic mass is 14.2. The summed E-state index contributed by atoms with van der Waals surface area (Å²) in [6, 6.07) is 0. The Kier molecular flexibility index (Phi) is 2.32. The van der Waals surface area contributed by atoms with Gasteiger partial charge in [0.05, 0.1) is 0 Å². The first-order valence-corrected chi connectivity index (χ1v) is 3.84. The van der Waals surface area contributed by atoms with Crippen molar-refractivity contribution in [3.8, 4) is 0 Å². The molecule has 2 atom stereocenters. The first kappa shape index (κ1) is 6.85. The molecule has 0 heterocycles. The first-order valence-electron chi connectivity index (χ1n) is 3.84. The zero-order valence-corrected chi connectivity index (χ0v) is 6.14. The van der Waals surface area contributed by atoms with E-state index in [4.69, 9.17) is 0 Å². The van der Waals surface area contributed by atoms with Crippen molar-refractivity contribution in [2.24, 2.45) is 11.8 Å². The van der Waals surface area contributed by atoms with Crippen LogP contribution in [-0.2, 0) is 0 Å². The third kappa shape index (κ3) is 1.57. The van der Waals surface area contributed by atoms with Gasteiger partial charge < -0.3 is 0 Å². The lowest BCUT2D eigenvalue weighted by atomic mass is 9.92. The van der Waals surface area contributed by atoms with Gasteiger partial charge >= 0.3 is 0 Å². The summed E-state index contributed by atoms with van der Waals surface area (Å²) in [5.41, 5.74) is 0. The summed E-state index contributed by atoms with van der Waals surface area (Å²) in [5, 5.41) is 0. The summed E-state index contributed by atoms with van der Waals surface area (Å²) in [6.45, 7) is 6.30. The van der Waals surface area contributed by atoms with Gasteiger partial charge in [0.15, 0.2) is 0 Å². The highest BCUT2D eigenvalue weighted by Crippen LogP contribution is 2.26. The molecule has 1 aliphatic rings. The third-order valence-electron chi connectivity index (χ3n) is 2.18. The molecule has 0 aromatic rings. The Bertz CT molecular complexity index is 103. The minimum atomic E-state index is 0.656. The summed E-state index contributed by atoms with van der Waals surface area (Å²) in [7, 11) is 0. The standard InChI is InChI=1S/C9H15/c1-3-8(2)9-6-4-5-7-9/h4,6,8-9H,2-3,5,7H2,1H3. The van der Waals surface area contributed by atoms with Gasteiger partial charge in [0, 0.05) is 0 Å². The smallest absolute Gasteiger partial charge is 0.0202 e. The maximum Gasteiger partial charge on any atom is -0.0202 e. The second kappa shape index (κ2) is 3.05. The van der Waals surface area contributed by atoms with Crippen molar-refractivity contribution in [2.45, 2.75) is 26.2 Å². The summed E-state index contributed by atoms with van der Waals surface area (Å²) in [6.07, 6.45) is 8.42. The molecule has 0 aliphatic heterocycles. The van der Waals surface area contributed by atoms with Crippen LogP contribution in [0, 0.1) is 18.8 Å². The van der Waals surface area contributed by atoms with Crippen LogP contribution in [0.4, 0.5) is 0 Å². The Hall–Kier alpha value is -0.260. The summed E-state index contributed by atoms with van der Waals surface area (Å²) >= 11 is 0. The highest BCUT2D eigenvalue weighted by Gasteiger charge is 2.14. The van der Waals surface area contributed by atoms with Crippen molar-refractivity contribution < 1.29 is 0 Å². The summed E-state index contributed by atoms with van der Waals surface area (Å²) in [4.78, 5) is 0. The molecule has 1 rings (SSSR count). The zero-order chi connectivity index (χ0) is 6.69. The SMILES string of the molecule is [CH2]C(CC)C1C=CCC1. The highest BCUT2D eigenvalue weighted by molar-refractivity contribution is 4.98. The summed E-state index contributed by atoms with van der Waals surface area (Å²) < 4.78 is 0. The lowest BCUT2D eigenvalue weighted by molar-refractivity contribution is 0.451. The van der Waals surface area contributed by atoms with E-state index in [9.17, 15) is 0 Å².